The van der Waals surface area contributed by atoms with E-state index < -0.39 is 0 Å². The Kier molecular flexibility index (Phi) is 6.62. The first-order valence-corrected chi connectivity index (χ1v) is 7.76. The van der Waals surface area contributed by atoms with Crippen LogP contribution in [0, 0.1) is 0 Å². The maximum atomic E-state index is 5.36. The molecule has 2 aromatic rings. The second kappa shape index (κ2) is 8.95. The van der Waals surface area contributed by atoms with Crippen molar-refractivity contribution in [2.75, 3.05) is 51.5 Å². The summed E-state index contributed by atoms with van der Waals surface area (Å²) >= 11 is 0. The van der Waals surface area contributed by atoms with Crippen LogP contribution in [0.5, 0.6) is 5.75 Å². The smallest absolute Gasteiger partial charge is 0.224 e. The zero-order valence-corrected chi connectivity index (χ0v) is 14.0. The van der Waals surface area contributed by atoms with Crippen molar-refractivity contribution in [1.82, 2.24) is 14.9 Å². The molecule has 0 unspecified atom stereocenters. The number of nitrogens with one attached hydrogen (secondary N) is 2. The fraction of sp³-hybridized carbons (Fsp3) is 0.412. The van der Waals surface area contributed by atoms with Gasteiger partial charge in [-0.05, 0) is 38.2 Å². The monoisotopic (exact) mass is 315 g/mol. The summed E-state index contributed by atoms with van der Waals surface area (Å²) in [4.78, 5) is 10.8. The Morgan fingerprint density at radius 3 is 2.70 bits per heavy atom. The number of methoxy groups -OCH3 is 1. The van der Waals surface area contributed by atoms with Crippen molar-refractivity contribution in [1.29, 1.82) is 0 Å². The molecule has 0 saturated heterocycles. The van der Waals surface area contributed by atoms with E-state index in [-0.39, 0.29) is 0 Å². The van der Waals surface area contributed by atoms with Crippen molar-refractivity contribution < 1.29 is 4.74 Å². The summed E-state index contributed by atoms with van der Waals surface area (Å²) < 4.78 is 5.36. The van der Waals surface area contributed by atoms with Gasteiger partial charge in [0, 0.05) is 25.8 Å². The zero-order chi connectivity index (χ0) is 16.5. The number of rotatable bonds is 9. The van der Waals surface area contributed by atoms with Gasteiger partial charge in [-0.1, -0.05) is 18.2 Å². The number of nitrogens with zero attached hydrogens (tertiary/aromatic N) is 3. The molecule has 2 rings (SSSR count). The van der Waals surface area contributed by atoms with Gasteiger partial charge in [-0.2, -0.15) is 4.98 Å². The minimum atomic E-state index is 0.647. The van der Waals surface area contributed by atoms with Gasteiger partial charge < -0.3 is 20.3 Å². The Morgan fingerprint density at radius 1 is 1.09 bits per heavy atom. The van der Waals surface area contributed by atoms with E-state index >= 15 is 0 Å². The fourth-order valence-electron chi connectivity index (χ4n) is 2.17. The van der Waals surface area contributed by atoms with Crippen LogP contribution < -0.4 is 15.4 Å². The number of hydrogen-bond acceptors (Lipinski definition) is 6. The highest BCUT2D eigenvalue weighted by atomic mass is 16.5. The lowest BCUT2D eigenvalue weighted by Gasteiger charge is -2.12. The van der Waals surface area contributed by atoms with Gasteiger partial charge in [0.2, 0.25) is 5.95 Å². The summed E-state index contributed by atoms with van der Waals surface area (Å²) in [5.74, 6) is 2.39. The van der Waals surface area contributed by atoms with Crippen molar-refractivity contribution in [3.05, 3.63) is 42.1 Å². The van der Waals surface area contributed by atoms with Gasteiger partial charge in [0.05, 0.1) is 7.11 Å². The number of para-hydroxylation sites is 1. The third-order valence-corrected chi connectivity index (χ3v) is 3.39. The van der Waals surface area contributed by atoms with E-state index in [9.17, 15) is 0 Å². The molecule has 1 aromatic heterocycles. The summed E-state index contributed by atoms with van der Waals surface area (Å²) in [6.45, 7) is 2.54. The SMILES string of the molecule is COc1ccccc1CCNc1ccnc(NCCN(C)C)n1. The number of likely N-dealkylation sites (N-methyl/N-ethyl adjacent to an activating group) is 1. The van der Waals surface area contributed by atoms with Gasteiger partial charge in [0.25, 0.3) is 0 Å². The molecule has 1 aromatic carbocycles. The zero-order valence-electron chi connectivity index (χ0n) is 14.0. The lowest BCUT2D eigenvalue weighted by molar-refractivity contribution is 0.410. The highest BCUT2D eigenvalue weighted by Gasteiger charge is 2.02. The third kappa shape index (κ3) is 5.75. The number of aromatic nitrogens is 2. The maximum Gasteiger partial charge on any atom is 0.224 e. The van der Waals surface area contributed by atoms with Crippen LogP contribution in [0.25, 0.3) is 0 Å². The highest BCUT2D eigenvalue weighted by Crippen LogP contribution is 2.17. The number of benzene rings is 1. The average Bonchev–Trinajstić information content (AvgIpc) is 2.55. The van der Waals surface area contributed by atoms with Gasteiger partial charge in [0.15, 0.2) is 0 Å². The molecule has 6 nitrogen and oxygen atoms in total. The number of anilines is 2. The molecule has 0 radical (unpaired) electrons. The normalized spacial score (nSPS) is 10.6. The van der Waals surface area contributed by atoms with Crippen molar-refractivity contribution in [2.45, 2.75) is 6.42 Å². The average molecular weight is 315 g/mol. The molecule has 0 fully saturated rings. The van der Waals surface area contributed by atoms with Crippen LogP contribution in [-0.4, -0.2) is 55.7 Å². The predicted molar refractivity (Wildman–Crippen MR) is 94.3 cm³/mol. The van der Waals surface area contributed by atoms with Crippen LogP contribution >= 0.6 is 0 Å². The third-order valence-electron chi connectivity index (χ3n) is 3.39. The molecule has 0 atom stereocenters. The minimum Gasteiger partial charge on any atom is -0.496 e. The van der Waals surface area contributed by atoms with Gasteiger partial charge in [-0.25, -0.2) is 4.98 Å². The molecule has 0 bridgehead atoms. The first kappa shape index (κ1) is 17.0. The Morgan fingerprint density at radius 2 is 1.91 bits per heavy atom. The Hall–Kier alpha value is -2.34. The van der Waals surface area contributed by atoms with Crippen molar-refractivity contribution in [3.63, 3.8) is 0 Å². The second-order valence-corrected chi connectivity index (χ2v) is 5.48. The molecule has 0 aliphatic carbocycles. The van der Waals surface area contributed by atoms with E-state index in [1.165, 1.54) is 5.56 Å². The Balaban J connectivity index is 1.83. The van der Waals surface area contributed by atoms with Gasteiger partial charge in [0.1, 0.15) is 11.6 Å². The van der Waals surface area contributed by atoms with Crippen molar-refractivity contribution >= 4 is 11.8 Å². The molecule has 0 saturated carbocycles. The van der Waals surface area contributed by atoms with Crippen molar-refractivity contribution in [2.24, 2.45) is 0 Å². The molecule has 6 heteroatoms. The van der Waals surface area contributed by atoms with Crippen LogP contribution in [0.4, 0.5) is 11.8 Å². The fourth-order valence-corrected chi connectivity index (χ4v) is 2.17. The molecular formula is C17H25N5O. The molecule has 0 amide bonds. The summed E-state index contributed by atoms with van der Waals surface area (Å²) in [6, 6.07) is 9.93. The van der Waals surface area contributed by atoms with Gasteiger partial charge in [-0.15, -0.1) is 0 Å². The van der Waals surface area contributed by atoms with Gasteiger partial charge in [-0.3, -0.25) is 0 Å². The summed E-state index contributed by atoms with van der Waals surface area (Å²) in [7, 11) is 5.78. The van der Waals surface area contributed by atoms with E-state index in [1.807, 2.05) is 38.4 Å². The minimum absolute atomic E-state index is 0.647. The predicted octanol–water partition coefficient (Wildman–Crippen LogP) is 2.11. The second-order valence-electron chi connectivity index (χ2n) is 5.48. The standard InChI is InChI=1S/C17H25N5O/c1-22(2)13-12-20-17-19-11-9-16(21-17)18-10-8-14-6-4-5-7-15(14)23-3/h4-7,9,11H,8,10,12-13H2,1-3H3,(H2,18,19,20,21). The molecule has 0 aliphatic rings. The topological polar surface area (TPSA) is 62.3 Å². The van der Waals surface area contributed by atoms with Crippen LogP contribution in [0.15, 0.2) is 36.5 Å². The van der Waals surface area contributed by atoms with E-state index in [0.717, 1.165) is 37.6 Å². The summed E-state index contributed by atoms with van der Waals surface area (Å²) in [5.41, 5.74) is 1.18. The Bertz CT molecular complexity index is 603. The quantitative estimate of drug-likeness (QED) is 0.739. The van der Waals surface area contributed by atoms with Crippen LogP contribution in [0.3, 0.4) is 0 Å². The summed E-state index contributed by atoms with van der Waals surface area (Å²) in [5, 5.41) is 6.55. The largest absolute Gasteiger partial charge is 0.496 e. The first-order chi connectivity index (χ1) is 11.2. The number of ether oxygens (including phenoxy) is 1. The van der Waals surface area contributed by atoms with E-state index in [0.29, 0.717) is 5.95 Å². The highest BCUT2D eigenvalue weighted by molar-refractivity contribution is 5.40. The van der Waals surface area contributed by atoms with E-state index in [2.05, 4.69) is 31.6 Å². The van der Waals surface area contributed by atoms with Gasteiger partial charge >= 0.3 is 0 Å². The molecule has 1 heterocycles. The van der Waals surface area contributed by atoms with Crippen LogP contribution in [-0.2, 0) is 6.42 Å². The maximum absolute atomic E-state index is 5.36. The lowest BCUT2D eigenvalue weighted by atomic mass is 10.1. The first-order valence-electron chi connectivity index (χ1n) is 7.76. The molecule has 2 N–H and O–H groups in total. The number of hydrogen-bond donors (Lipinski definition) is 2. The Labute approximate surface area is 137 Å². The molecule has 0 aliphatic heterocycles. The molecule has 0 spiro atoms. The van der Waals surface area contributed by atoms with Crippen molar-refractivity contribution in [3.8, 4) is 5.75 Å². The summed E-state index contributed by atoms with van der Waals surface area (Å²) in [6.07, 6.45) is 2.63. The van der Waals surface area contributed by atoms with E-state index in [4.69, 9.17) is 4.74 Å². The lowest BCUT2D eigenvalue weighted by Crippen LogP contribution is -2.21. The molecular weight excluding hydrogens is 290 g/mol. The molecule has 23 heavy (non-hydrogen) atoms. The van der Waals surface area contributed by atoms with Crippen LogP contribution in [0.1, 0.15) is 5.56 Å². The van der Waals surface area contributed by atoms with E-state index in [1.54, 1.807) is 13.3 Å². The molecule has 124 valence electrons. The van der Waals surface area contributed by atoms with Crippen LogP contribution in [0.2, 0.25) is 0 Å².